The van der Waals surface area contributed by atoms with Crippen LogP contribution in [0, 0.1) is 13.8 Å². The van der Waals surface area contributed by atoms with Gasteiger partial charge in [0.2, 0.25) is 0 Å². The number of rotatable bonds is 6. The SMILES string of the molecule is Cc1cc(C(=O)NCc2ccc(S(C)(=O)=O)cc2)c(C)n1Cc1ccccc1. The van der Waals surface area contributed by atoms with Gasteiger partial charge in [-0.2, -0.15) is 0 Å². The molecule has 0 saturated carbocycles. The maximum atomic E-state index is 12.7. The van der Waals surface area contributed by atoms with E-state index in [0.29, 0.717) is 12.1 Å². The number of aromatic nitrogens is 1. The number of carbonyl (C=O) groups excluding carboxylic acids is 1. The summed E-state index contributed by atoms with van der Waals surface area (Å²) in [6, 6.07) is 18.6. The highest BCUT2D eigenvalue weighted by Crippen LogP contribution is 2.17. The van der Waals surface area contributed by atoms with Gasteiger partial charge in [0.25, 0.3) is 5.91 Å². The average Bonchev–Trinajstić information content (AvgIpc) is 2.95. The van der Waals surface area contributed by atoms with Gasteiger partial charge in [0.05, 0.1) is 10.5 Å². The predicted molar refractivity (Wildman–Crippen MR) is 110 cm³/mol. The third-order valence-electron chi connectivity index (χ3n) is 4.81. The van der Waals surface area contributed by atoms with E-state index in [9.17, 15) is 13.2 Å². The minimum absolute atomic E-state index is 0.139. The van der Waals surface area contributed by atoms with Gasteiger partial charge in [0, 0.05) is 30.7 Å². The number of hydrogen-bond donors (Lipinski definition) is 1. The Hall–Kier alpha value is -2.86. The highest BCUT2D eigenvalue weighted by molar-refractivity contribution is 7.90. The van der Waals surface area contributed by atoms with Crippen molar-refractivity contribution < 1.29 is 13.2 Å². The molecular formula is C22H24N2O3S. The number of amides is 1. The van der Waals surface area contributed by atoms with Gasteiger partial charge in [-0.05, 0) is 43.2 Å². The number of nitrogens with one attached hydrogen (secondary N) is 1. The molecule has 0 aliphatic carbocycles. The standard InChI is InChI=1S/C22H24N2O3S/c1-16-13-21(17(2)24(16)15-19-7-5-4-6-8-19)22(25)23-14-18-9-11-20(12-10-18)28(3,26)27/h4-13H,14-15H2,1-3H3,(H,23,25). The molecule has 1 amide bonds. The summed E-state index contributed by atoms with van der Waals surface area (Å²) in [6.07, 6.45) is 1.18. The molecule has 1 aromatic heterocycles. The van der Waals surface area contributed by atoms with Crippen molar-refractivity contribution in [2.45, 2.75) is 31.8 Å². The highest BCUT2D eigenvalue weighted by Gasteiger charge is 2.16. The number of sulfone groups is 1. The van der Waals surface area contributed by atoms with Crippen molar-refractivity contribution in [3.05, 3.63) is 88.7 Å². The summed E-state index contributed by atoms with van der Waals surface area (Å²) in [4.78, 5) is 12.9. The van der Waals surface area contributed by atoms with E-state index in [-0.39, 0.29) is 10.8 Å². The Morgan fingerprint density at radius 1 is 0.964 bits per heavy atom. The first-order valence-corrected chi connectivity index (χ1v) is 10.9. The van der Waals surface area contributed by atoms with Crippen molar-refractivity contribution in [2.24, 2.45) is 0 Å². The molecule has 3 aromatic rings. The number of nitrogens with zero attached hydrogens (tertiary/aromatic N) is 1. The van der Waals surface area contributed by atoms with Gasteiger partial charge in [-0.15, -0.1) is 0 Å². The maximum Gasteiger partial charge on any atom is 0.253 e. The van der Waals surface area contributed by atoms with Gasteiger partial charge >= 0.3 is 0 Å². The number of benzene rings is 2. The largest absolute Gasteiger partial charge is 0.348 e. The first-order chi connectivity index (χ1) is 13.3. The topological polar surface area (TPSA) is 68.2 Å². The quantitative estimate of drug-likeness (QED) is 0.694. The molecule has 0 saturated heterocycles. The van der Waals surface area contributed by atoms with Gasteiger partial charge in [0.1, 0.15) is 0 Å². The molecule has 0 aliphatic heterocycles. The van der Waals surface area contributed by atoms with Crippen LogP contribution in [0.3, 0.4) is 0 Å². The Balaban J connectivity index is 1.70. The second-order valence-electron chi connectivity index (χ2n) is 6.96. The molecular weight excluding hydrogens is 372 g/mol. The van der Waals surface area contributed by atoms with Crippen molar-refractivity contribution in [3.63, 3.8) is 0 Å². The number of aryl methyl sites for hydroxylation is 1. The van der Waals surface area contributed by atoms with E-state index in [2.05, 4.69) is 22.0 Å². The summed E-state index contributed by atoms with van der Waals surface area (Å²) in [6.45, 7) is 5.01. The molecule has 0 unspecified atom stereocenters. The molecule has 1 N–H and O–H groups in total. The van der Waals surface area contributed by atoms with Crippen LogP contribution in [0.15, 0.2) is 65.6 Å². The summed E-state index contributed by atoms with van der Waals surface area (Å²) >= 11 is 0. The van der Waals surface area contributed by atoms with E-state index >= 15 is 0 Å². The molecule has 0 radical (unpaired) electrons. The Morgan fingerprint density at radius 3 is 2.21 bits per heavy atom. The first-order valence-electron chi connectivity index (χ1n) is 9.03. The molecule has 3 rings (SSSR count). The minimum Gasteiger partial charge on any atom is -0.348 e. The van der Waals surface area contributed by atoms with Crippen molar-refractivity contribution in [2.75, 3.05) is 6.26 Å². The van der Waals surface area contributed by atoms with Crippen LogP contribution in [0.5, 0.6) is 0 Å². The summed E-state index contributed by atoms with van der Waals surface area (Å²) < 4.78 is 25.2. The van der Waals surface area contributed by atoms with Gasteiger partial charge in [-0.3, -0.25) is 4.79 Å². The fraction of sp³-hybridized carbons (Fsp3) is 0.227. The third kappa shape index (κ3) is 4.51. The minimum atomic E-state index is -3.22. The average molecular weight is 397 g/mol. The zero-order chi connectivity index (χ0) is 20.3. The van der Waals surface area contributed by atoms with E-state index in [1.54, 1.807) is 24.3 Å². The van der Waals surface area contributed by atoms with E-state index < -0.39 is 9.84 Å². The lowest BCUT2D eigenvalue weighted by Crippen LogP contribution is -2.23. The highest BCUT2D eigenvalue weighted by atomic mass is 32.2. The van der Waals surface area contributed by atoms with Gasteiger partial charge < -0.3 is 9.88 Å². The zero-order valence-corrected chi connectivity index (χ0v) is 17.1. The van der Waals surface area contributed by atoms with Crippen molar-refractivity contribution in [1.82, 2.24) is 9.88 Å². The molecule has 0 aliphatic rings. The molecule has 1 heterocycles. The van der Waals surface area contributed by atoms with Crippen LogP contribution >= 0.6 is 0 Å². The molecule has 28 heavy (non-hydrogen) atoms. The van der Waals surface area contributed by atoms with E-state index in [0.717, 1.165) is 23.5 Å². The van der Waals surface area contributed by atoms with Crippen LogP contribution in [0.2, 0.25) is 0 Å². The molecule has 0 atom stereocenters. The monoisotopic (exact) mass is 396 g/mol. The van der Waals surface area contributed by atoms with E-state index in [4.69, 9.17) is 0 Å². The van der Waals surface area contributed by atoms with Crippen LogP contribution < -0.4 is 5.32 Å². The van der Waals surface area contributed by atoms with Crippen molar-refractivity contribution in [1.29, 1.82) is 0 Å². The second-order valence-corrected chi connectivity index (χ2v) is 8.97. The van der Waals surface area contributed by atoms with Crippen LogP contribution in [0.1, 0.15) is 32.9 Å². The third-order valence-corrected chi connectivity index (χ3v) is 5.93. The molecule has 146 valence electrons. The van der Waals surface area contributed by atoms with Crippen LogP contribution in [-0.2, 0) is 22.9 Å². The first kappa shape index (κ1) is 19.9. The summed E-state index contributed by atoms with van der Waals surface area (Å²) in [5.41, 5.74) is 4.64. The van der Waals surface area contributed by atoms with Crippen LogP contribution in [0.25, 0.3) is 0 Å². The summed E-state index contributed by atoms with van der Waals surface area (Å²) in [5, 5.41) is 2.92. The van der Waals surface area contributed by atoms with Gasteiger partial charge in [0.15, 0.2) is 9.84 Å². The van der Waals surface area contributed by atoms with Gasteiger partial charge in [-0.1, -0.05) is 42.5 Å². The molecule has 2 aromatic carbocycles. The molecule has 0 fully saturated rings. The number of carbonyl (C=O) groups is 1. The lowest BCUT2D eigenvalue weighted by Gasteiger charge is -2.10. The van der Waals surface area contributed by atoms with Crippen LogP contribution in [0.4, 0.5) is 0 Å². The maximum absolute atomic E-state index is 12.7. The Bertz CT molecular complexity index is 1080. The zero-order valence-electron chi connectivity index (χ0n) is 16.3. The predicted octanol–water partition coefficient (Wildman–Crippen LogP) is 3.49. The Morgan fingerprint density at radius 2 is 1.61 bits per heavy atom. The normalized spacial score (nSPS) is 11.4. The number of hydrogen-bond acceptors (Lipinski definition) is 3. The molecule has 0 bridgehead atoms. The second kappa shape index (κ2) is 8.02. The lowest BCUT2D eigenvalue weighted by atomic mass is 10.2. The van der Waals surface area contributed by atoms with Gasteiger partial charge in [-0.25, -0.2) is 8.42 Å². The summed E-state index contributed by atoms with van der Waals surface area (Å²) in [7, 11) is -3.22. The van der Waals surface area contributed by atoms with E-state index in [1.165, 1.54) is 11.8 Å². The summed E-state index contributed by atoms with van der Waals surface area (Å²) in [5.74, 6) is -0.139. The van der Waals surface area contributed by atoms with Crippen molar-refractivity contribution in [3.8, 4) is 0 Å². The van der Waals surface area contributed by atoms with Crippen LogP contribution in [-0.4, -0.2) is 25.1 Å². The fourth-order valence-electron chi connectivity index (χ4n) is 3.17. The lowest BCUT2D eigenvalue weighted by molar-refractivity contribution is 0.0950. The Labute approximate surface area is 165 Å². The smallest absolute Gasteiger partial charge is 0.253 e. The molecule has 0 spiro atoms. The fourth-order valence-corrected chi connectivity index (χ4v) is 3.80. The van der Waals surface area contributed by atoms with Crippen molar-refractivity contribution >= 4 is 15.7 Å². The Kier molecular flexibility index (Phi) is 5.70. The molecule has 5 nitrogen and oxygen atoms in total. The molecule has 6 heteroatoms. The van der Waals surface area contributed by atoms with E-state index in [1.807, 2.05) is 38.1 Å².